The molecule has 0 N–H and O–H groups in total. The molecule has 0 aliphatic rings. The molecule has 106 valence electrons. The van der Waals surface area contributed by atoms with E-state index in [9.17, 15) is 18.5 Å². The smallest absolute Gasteiger partial charge is 0.311 e. The van der Waals surface area contributed by atoms with Crippen LogP contribution in [0.25, 0.3) is 0 Å². The Morgan fingerprint density at radius 1 is 1.42 bits per heavy atom. The number of alkyl halides is 1. The van der Waals surface area contributed by atoms with E-state index in [4.69, 9.17) is 16.3 Å². The number of hydrogen-bond acceptors (Lipinski definition) is 5. The summed E-state index contributed by atoms with van der Waals surface area (Å²) in [6.45, 7) is 1.42. The highest BCUT2D eigenvalue weighted by molar-refractivity contribution is 7.91. The standard InChI is InChI=1S/C11H14ClNO5S/c1-2-19(16,17)6-5-18-11-4-3-9(8-12)7-10(11)13(14)15/h3-4,7H,2,5-6,8H2,1H3. The number of nitro benzene ring substituents is 1. The van der Waals surface area contributed by atoms with Crippen molar-refractivity contribution in [3.63, 3.8) is 0 Å². The molecule has 0 aliphatic carbocycles. The van der Waals surface area contributed by atoms with Crippen LogP contribution >= 0.6 is 11.6 Å². The number of sulfone groups is 1. The van der Waals surface area contributed by atoms with Gasteiger partial charge in [0.2, 0.25) is 0 Å². The van der Waals surface area contributed by atoms with Gasteiger partial charge < -0.3 is 4.74 Å². The van der Waals surface area contributed by atoms with Gasteiger partial charge in [-0.15, -0.1) is 11.6 Å². The fourth-order valence-corrected chi connectivity index (χ4v) is 2.13. The van der Waals surface area contributed by atoms with E-state index < -0.39 is 14.8 Å². The van der Waals surface area contributed by atoms with E-state index in [1.165, 1.54) is 19.1 Å². The normalized spacial score (nSPS) is 11.3. The molecule has 0 spiro atoms. The number of nitro groups is 1. The fourth-order valence-electron chi connectivity index (χ4n) is 1.33. The van der Waals surface area contributed by atoms with Gasteiger partial charge in [0.05, 0.1) is 10.7 Å². The average Bonchev–Trinajstić information content (AvgIpc) is 2.38. The summed E-state index contributed by atoms with van der Waals surface area (Å²) in [5.74, 6) is 0.0533. The van der Waals surface area contributed by atoms with Crippen LogP contribution in [-0.2, 0) is 15.7 Å². The zero-order chi connectivity index (χ0) is 14.5. The minimum absolute atomic E-state index is 0.0175. The van der Waals surface area contributed by atoms with E-state index in [-0.39, 0.29) is 35.4 Å². The second kappa shape index (κ2) is 6.72. The molecule has 0 fully saturated rings. The summed E-state index contributed by atoms with van der Waals surface area (Å²) >= 11 is 5.60. The Morgan fingerprint density at radius 2 is 2.11 bits per heavy atom. The molecule has 6 nitrogen and oxygen atoms in total. The van der Waals surface area contributed by atoms with Crippen molar-refractivity contribution >= 4 is 27.1 Å². The zero-order valence-electron chi connectivity index (χ0n) is 10.3. The van der Waals surface area contributed by atoms with Gasteiger partial charge in [-0.2, -0.15) is 0 Å². The van der Waals surface area contributed by atoms with Gasteiger partial charge in [0, 0.05) is 17.7 Å². The Kier molecular flexibility index (Phi) is 5.56. The predicted octanol–water partition coefficient (Wildman–Crippen LogP) is 2.15. The summed E-state index contributed by atoms with van der Waals surface area (Å²) in [7, 11) is -3.15. The second-order valence-electron chi connectivity index (χ2n) is 3.78. The lowest BCUT2D eigenvalue weighted by Crippen LogP contribution is -2.16. The van der Waals surface area contributed by atoms with Gasteiger partial charge in [-0.05, 0) is 11.6 Å². The third-order valence-electron chi connectivity index (χ3n) is 2.47. The lowest BCUT2D eigenvalue weighted by molar-refractivity contribution is -0.385. The van der Waals surface area contributed by atoms with E-state index in [2.05, 4.69) is 0 Å². The molecule has 0 aromatic heterocycles. The Balaban J connectivity index is 2.81. The van der Waals surface area contributed by atoms with E-state index in [1.807, 2.05) is 0 Å². The van der Waals surface area contributed by atoms with E-state index >= 15 is 0 Å². The van der Waals surface area contributed by atoms with Crippen LogP contribution in [-0.4, -0.2) is 31.5 Å². The summed E-state index contributed by atoms with van der Waals surface area (Å²) in [6.07, 6.45) is 0. The van der Waals surface area contributed by atoms with Crippen LogP contribution in [0.2, 0.25) is 0 Å². The number of ether oxygens (including phenoxy) is 1. The molecule has 1 aromatic carbocycles. The van der Waals surface area contributed by atoms with Gasteiger partial charge in [-0.1, -0.05) is 13.0 Å². The van der Waals surface area contributed by atoms with E-state index in [0.717, 1.165) is 0 Å². The first-order valence-electron chi connectivity index (χ1n) is 5.56. The van der Waals surface area contributed by atoms with Gasteiger partial charge in [-0.25, -0.2) is 8.42 Å². The molecule has 0 atom stereocenters. The van der Waals surface area contributed by atoms with E-state index in [1.54, 1.807) is 6.07 Å². The molecule has 0 amide bonds. The highest BCUT2D eigenvalue weighted by atomic mass is 35.5. The lowest BCUT2D eigenvalue weighted by Gasteiger charge is -2.07. The molecule has 8 heteroatoms. The second-order valence-corrected chi connectivity index (χ2v) is 6.52. The highest BCUT2D eigenvalue weighted by Gasteiger charge is 2.17. The number of benzene rings is 1. The molecule has 0 unspecified atom stereocenters. The molecule has 19 heavy (non-hydrogen) atoms. The highest BCUT2D eigenvalue weighted by Crippen LogP contribution is 2.28. The molecule has 1 rings (SSSR count). The molecule has 0 radical (unpaired) electrons. The monoisotopic (exact) mass is 307 g/mol. The van der Waals surface area contributed by atoms with E-state index in [0.29, 0.717) is 5.56 Å². The van der Waals surface area contributed by atoms with Crippen LogP contribution in [0.4, 0.5) is 5.69 Å². The van der Waals surface area contributed by atoms with Crippen LogP contribution in [0.3, 0.4) is 0 Å². The quantitative estimate of drug-likeness (QED) is 0.437. The van der Waals surface area contributed by atoms with Crippen molar-refractivity contribution in [2.75, 3.05) is 18.1 Å². The summed E-state index contributed by atoms with van der Waals surface area (Å²) in [5, 5.41) is 10.9. The van der Waals surface area contributed by atoms with Crippen molar-refractivity contribution in [1.82, 2.24) is 0 Å². The largest absolute Gasteiger partial charge is 0.486 e. The number of hydrogen-bond donors (Lipinski definition) is 0. The van der Waals surface area contributed by atoms with Crippen LogP contribution in [0.1, 0.15) is 12.5 Å². The van der Waals surface area contributed by atoms with Gasteiger partial charge in [0.15, 0.2) is 15.6 Å². The van der Waals surface area contributed by atoms with Crippen LogP contribution in [0.15, 0.2) is 18.2 Å². The summed E-state index contributed by atoms with van der Waals surface area (Å²) in [6, 6.07) is 4.34. The fraction of sp³-hybridized carbons (Fsp3) is 0.455. The SMILES string of the molecule is CCS(=O)(=O)CCOc1ccc(CCl)cc1[N+](=O)[O-]. The predicted molar refractivity (Wildman–Crippen MR) is 72.5 cm³/mol. The van der Waals surface area contributed by atoms with Crippen molar-refractivity contribution in [3.05, 3.63) is 33.9 Å². The Hall–Kier alpha value is -1.34. The maximum atomic E-state index is 11.3. The molecular formula is C11H14ClNO5S. The van der Waals surface area contributed by atoms with Crippen LogP contribution in [0.5, 0.6) is 5.75 Å². The van der Waals surface area contributed by atoms with Crippen molar-refractivity contribution in [3.8, 4) is 5.75 Å². The van der Waals surface area contributed by atoms with Gasteiger partial charge in [0.1, 0.15) is 6.61 Å². The number of rotatable bonds is 7. The molecule has 1 aromatic rings. The van der Waals surface area contributed by atoms with Crippen molar-refractivity contribution in [2.24, 2.45) is 0 Å². The molecule has 0 saturated carbocycles. The van der Waals surface area contributed by atoms with Crippen molar-refractivity contribution in [2.45, 2.75) is 12.8 Å². The minimum atomic E-state index is -3.15. The summed E-state index contributed by atoms with van der Waals surface area (Å²) < 4.78 is 27.7. The van der Waals surface area contributed by atoms with Gasteiger partial charge in [-0.3, -0.25) is 10.1 Å². The zero-order valence-corrected chi connectivity index (χ0v) is 11.9. The molecule has 0 heterocycles. The third-order valence-corrected chi connectivity index (χ3v) is 4.44. The van der Waals surface area contributed by atoms with Crippen molar-refractivity contribution in [1.29, 1.82) is 0 Å². The van der Waals surface area contributed by atoms with Crippen LogP contribution in [0, 0.1) is 10.1 Å². The first kappa shape index (κ1) is 15.7. The summed E-state index contributed by atoms with van der Waals surface area (Å²) in [5.41, 5.74) is 0.383. The first-order chi connectivity index (χ1) is 8.89. The van der Waals surface area contributed by atoms with Gasteiger partial charge >= 0.3 is 5.69 Å². The minimum Gasteiger partial charge on any atom is -0.486 e. The topological polar surface area (TPSA) is 86.5 Å². The summed E-state index contributed by atoms with van der Waals surface area (Å²) in [4.78, 5) is 10.3. The molecule has 0 aliphatic heterocycles. The maximum absolute atomic E-state index is 11.3. The van der Waals surface area contributed by atoms with Crippen molar-refractivity contribution < 1.29 is 18.1 Å². The Morgan fingerprint density at radius 3 is 2.63 bits per heavy atom. The first-order valence-corrected chi connectivity index (χ1v) is 7.91. The molecule has 0 saturated heterocycles. The average molecular weight is 308 g/mol. The number of halogens is 1. The van der Waals surface area contributed by atoms with Crippen LogP contribution < -0.4 is 4.74 Å². The third kappa shape index (κ3) is 4.68. The lowest BCUT2D eigenvalue weighted by atomic mass is 10.2. The molecular weight excluding hydrogens is 294 g/mol. The Labute approximate surface area is 116 Å². The molecule has 0 bridgehead atoms. The Bertz CT molecular complexity index is 558. The maximum Gasteiger partial charge on any atom is 0.311 e. The van der Waals surface area contributed by atoms with Gasteiger partial charge in [0.25, 0.3) is 0 Å². The number of nitrogens with zero attached hydrogens (tertiary/aromatic N) is 1.